The summed E-state index contributed by atoms with van der Waals surface area (Å²) in [6.07, 6.45) is 0. The van der Waals surface area contributed by atoms with Crippen LogP contribution in [-0.4, -0.2) is 21.1 Å². The highest BCUT2D eigenvalue weighted by Crippen LogP contribution is 2.14. The molecule has 6 nitrogen and oxygen atoms in total. The summed E-state index contributed by atoms with van der Waals surface area (Å²) < 4.78 is 5.17. The van der Waals surface area contributed by atoms with Gasteiger partial charge in [-0.05, 0) is 12.1 Å². The van der Waals surface area contributed by atoms with E-state index in [2.05, 4.69) is 15.2 Å². The van der Waals surface area contributed by atoms with Crippen molar-refractivity contribution in [3.8, 4) is 11.6 Å². The summed E-state index contributed by atoms with van der Waals surface area (Å²) in [5.41, 5.74) is 5.70. The van der Waals surface area contributed by atoms with E-state index < -0.39 is 5.91 Å². The van der Waals surface area contributed by atoms with E-state index in [4.69, 9.17) is 10.2 Å². The zero-order valence-electron chi connectivity index (χ0n) is 7.97. The first-order valence-electron chi connectivity index (χ1n) is 4.24. The van der Waals surface area contributed by atoms with Gasteiger partial charge in [-0.15, -0.1) is 10.2 Å². The van der Waals surface area contributed by atoms with Crippen LogP contribution in [0.1, 0.15) is 16.4 Å². The van der Waals surface area contributed by atoms with Crippen LogP contribution in [0.25, 0.3) is 11.6 Å². The molecule has 2 N–H and O–H groups in total. The smallest absolute Gasteiger partial charge is 0.267 e. The second kappa shape index (κ2) is 3.49. The van der Waals surface area contributed by atoms with Crippen molar-refractivity contribution in [3.05, 3.63) is 29.8 Å². The average Bonchev–Trinajstić information content (AvgIpc) is 2.65. The highest BCUT2D eigenvalue weighted by atomic mass is 16.4. The summed E-state index contributed by atoms with van der Waals surface area (Å²) in [4.78, 5) is 14.9. The summed E-state index contributed by atoms with van der Waals surface area (Å²) in [6.45, 7) is 1.68. The zero-order chi connectivity index (χ0) is 10.8. The SMILES string of the molecule is Cc1nnc(-c2cccc(C(N)=O)n2)o1. The molecule has 0 saturated carbocycles. The molecule has 2 heterocycles. The molecule has 0 aliphatic rings. The zero-order valence-corrected chi connectivity index (χ0v) is 7.97. The van der Waals surface area contributed by atoms with Gasteiger partial charge in [0.2, 0.25) is 5.89 Å². The number of hydrogen-bond donors (Lipinski definition) is 1. The van der Waals surface area contributed by atoms with Gasteiger partial charge in [0.1, 0.15) is 11.4 Å². The molecule has 0 aromatic carbocycles. The number of carbonyl (C=O) groups is 1. The molecule has 0 unspecified atom stereocenters. The Hall–Kier alpha value is -2.24. The van der Waals surface area contributed by atoms with Crippen molar-refractivity contribution in [2.24, 2.45) is 5.73 Å². The molecule has 0 atom stereocenters. The molecule has 15 heavy (non-hydrogen) atoms. The van der Waals surface area contributed by atoms with E-state index in [1.54, 1.807) is 19.1 Å². The van der Waals surface area contributed by atoms with Gasteiger partial charge in [-0.2, -0.15) is 0 Å². The second-order valence-electron chi connectivity index (χ2n) is 2.90. The number of pyridine rings is 1. The van der Waals surface area contributed by atoms with Crippen LogP contribution in [0.4, 0.5) is 0 Å². The Morgan fingerprint density at radius 3 is 2.80 bits per heavy atom. The van der Waals surface area contributed by atoms with E-state index in [0.717, 1.165) is 0 Å². The summed E-state index contributed by atoms with van der Waals surface area (Å²) in [6, 6.07) is 4.84. The van der Waals surface area contributed by atoms with E-state index >= 15 is 0 Å². The normalized spacial score (nSPS) is 10.2. The number of aromatic nitrogens is 3. The van der Waals surface area contributed by atoms with Gasteiger partial charge in [0.05, 0.1) is 0 Å². The average molecular weight is 204 g/mol. The van der Waals surface area contributed by atoms with E-state index in [-0.39, 0.29) is 11.6 Å². The number of primary amides is 1. The number of carbonyl (C=O) groups excluding carboxylic acids is 1. The first-order chi connectivity index (χ1) is 7.16. The molecule has 6 heteroatoms. The molecule has 0 bridgehead atoms. The van der Waals surface area contributed by atoms with Crippen LogP contribution in [0.3, 0.4) is 0 Å². The number of hydrogen-bond acceptors (Lipinski definition) is 5. The molecular weight excluding hydrogens is 196 g/mol. The molecule has 0 aliphatic carbocycles. The Kier molecular flexibility index (Phi) is 2.17. The van der Waals surface area contributed by atoms with Crippen LogP contribution in [0.2, 0.25) is 0 Å². The number of nitrogens with zero attached hydrogens (tertiary/aromatic N) is 3. The monoisotopic (exact) mass is 204 g/mol. The van der Waals surface area contributed by atoms with Gasteiger partial charge in [-0.25, -0.2) is 4.98 Å². The van der Waals surface area contributed by atoms with Crippen molar-refractivity contribution in [1.82, 2.24) is 15.2 Å². The van der Waals surface area contributed by atoms with Gasteiger partial charge in [-0.1, -0.05) is 6.07 Å². The molecule has 0 fully saturated rings. The van der Waals surface area contributed by atoms with Crippen molar-refractivity contribution in [2.45, 2.75) is 6.92 Å². The van der Waals surface area contributed by atoms with Crippen molar-refractivity contribution in [2.75, 3.05) is 0 Å². The number of nitrogens with two attached hydrogens (primary N) is 1. The summed E-state index contributed by atoms with van der Waals surface area (Å²) in [5.74, 6) is 0.125. The Labute approximate surface area is 85.1 Å². The second-order valence-corrected chi connectivity index (χ2v) is 2.90. The minimum Gasteiger partial charge on any atom is -0.420 e. The maximum absolute atomic E-state index is 10.9. The van der Waals surface area contributed by atoms with Crippen LogP contribution in [0, 0.1) is 6.92 Å². The third-order valence-corrected chi connectivity index (χ3v) is 1.75. The standard InChI is InChI=1S/C9H8N4O2/c1-5-12-13-9(15-5)7-4-2-3-6(11-7)8(10)14/h2-4H,1H3,(H2,10,14). The largest absolute Gasteiger partial charge is 0.420 e. The third kappa shape index (κ3) is 1.83. The lowest BCUT2D eigenvalue weighted by Gasteiger charge is -1.96. The predicted octanol–water partition coefficient (Wildman–Crippen LogP) is 0.539. The first-order valence-corrected chi connectivity index (χ1v) is 4.24. The Bertz CT molecular complexity index is 506. The predicted molar refractivity (Wildman–Crippen MR) is 50.8 cm³/mol. The fraction of sp³-hybridized carbons (Fsp3) is 0.111. The van der Waals surface area contributed by atoms with E-state index in [0.29, 0.717) is 11.6 Å². The van der Waals surface area contributed by atoms with Gasteiger partial charge in [0, 0.05) is 6.92 Å². The highest BCUT2D eigenvalue weighted by Gasteiger charge is 2.09. The minimum atomic E-state index is -0.590. The van der Waals surface area contributed by atoms with Crippen LogP contribution < -0.4 is 5.73 Å². The van der Waals surface area contributed by atoms with Crippen LogP contribution in [-0.2, 0) is 0 Å². The van der Waals surface area contributed by atoms with E-state index in [9.17, 15) is 4.79 Å². The lowest BCUT2D eigenvalue weighted by atomic mass is 10.3. The molecule has 2 aromatic rings. The number of amides is 1. The molecule has 0 spiro atoms. The van der Waals surface area contributed by atoms with Crippen LogP contribution >= 0.6 is 0 Å². The molecule has 0 radical (unpaired) electrons. The minimum absolute atomic E-state index is 0.170. The molecule has 76 valence electrons. The lowest BCUT2D eigenvalue weighted by molar-refractivity contribution is 0.0995. The fourth-order valence-electron chi connectivity index (χ4n) is 1.09. The Morgan fingerprint density at radius 1 is 1.40 bits per heavy atom. The maximum atomic E-state index is 10.9. The quantitative estimate of drug-likeness (QED) is 0.770. The number of rotatable bonds is 2. The first kappa shape index (κ1) is 9.32. The Morgan fingerprint density at radius 2 is 2.20 bits per heavy atom. The molecule has 2 rings (SSSR count). The molecule has 0 saturated heterocycles. The van der Waals surface area contributed by atoms with Crippen LogP contribution in [0.15, 0.2) is 22.6 Å². The summed E-state index contributed by atoms with van der Waals surface area (Å²) in [7, 11) is 0. The van der Waals surface area contributed by atoms with Gasteiger partial charge in [0.15, 0.2) is 0 Å². The molecule has 2 aromatic heterocycles. The van der Waals surface area contributed by atoms with Gasteiger partial charge in [-0.3, -0.25) is 4.79 Å². The highest BCUT2D eigenvalue weighted by molar-refractivity contribution is 5.91. The van der Waals surface area contributed by atoms with E-state index in [1.807, 2.05) is 0 Å². The molecular formula is C9H8N4O2. The topological polar surface area (TPSA) is 94.9 Å². The lowest BCUT2D eigenvalue weighted by Crippen LogP contribution is -2.13. The molecule has 1 amide bonds. The summed E-state index contributed by atoms with van der Waals surface area (Å²) in [5, 5.41) is 7.45. The van der Waals surface area contributed by atoms with Crippen molar-refractivity contribution in [1.29, 1.82) is 0 Å². The van der Waals surface area contributed by atoms with Crippen LogP contribution in [0.5, 0.6) is 0 Å². The van der Waals surface area contributed by atoms with Crippen molar-refractivity contribution >= 4 is 5.91 Å². The van der Waals surface area contributed by atoms with Crippen molar-refractivity contribution in [3.63, 3.8) is 0 Å². The third-order valence-electron chi connectivity index (χ3n) is 1.75. The fourth-order valence-corrected chi connectivity index (χ4v) is 1.09. The van der Waals surface area contributed by atoms with E-state index in [1.165, 1.54) is 6.07 Å². The number of aryl methyl sites for hydroxylation is 1. The Balaban J connectivity index is 2.45. The van der Waals surface area contributed by atoms with Gasteiger partial charge < -0.3 is 10.2 Å². The maximum Gasteiger partial charge on any atom is 0.267 e. The summed E-state index contributed by atoms with van der Waals surface area (Å²) >= 11 is 0. The van der Waals surface area contributed by atoms with Gasteiger partial charge in [0.25, 0.3) is 11.8 Å². The van der Waals surface area contributed by atoms with Gasteiger partial charge >= 0.3 is 0 Å². The molecule has 0 aliphatic heterocycles. The van der Waals surface area contributed by atoms with Crippen molar-refractivity contribution < 1.29 is 9.21 Å².